The summed E-state index contributed by atoms with van der Waals surface area (Å²) < 4.78 is 15.7. The molecule has 0 aliphatic rings. The molecule has 0 bridgehead atoms. The van der Waals surface area contributed by atoms with Crippen LogP contribution in [0.5, 0.6) is 0 Å². The van der Waals surface area contributed by atoms with Crippen molar-refractivity contribution in [3.05, 3.63) is 83.4 Å². The van der Waals surface area contributed by atoms with Gasteiger partial charge in [0, 0.05) is 11.8 Å². The molecule has 1 atom stereocenters. The van der Waals surface area contributed by atoms with E-state index >= 15 is 0 Å². The summed E-state index contributed by atoms with van der Waals surface area (Å²) >= 11 is 0. The van der Waals surface area contributed by atoms with Crippen LogP contribution < -0.4 is 0 Å². The highest BCUT2D eigenvalue weighted by molar-refractivity contribution is 5.36. The molecule has 3 nitrogen and oxygen atoms in total. The third-order valence-corrected chi connectivity index (χ3v) is 3.40. The van der Waals surface area contributed by atoms with E-state index < -0.39 is 11.9 Å². The van der Waals surface area contributed by atoms with E-state index in [9.17, 15) is 9.50 Å². The standard InChI is InChI=1S/C17H15FN2O/c1-12-7-8-14(15(18)11-12)17(21)16-9-10-19-20(16)13-5-3-2-4-6-13/h2-11,17,21H,1H3. The van der Waals surface area contributed by atoms with Gasteiger partial charge in [0.1, 0.15) is 11.9 Å². The maximum absolute atomic E-state index is 14.0. The number of aliphatic hydroxyl groups excluding tert-OH is 1. The van der Waals surface area contributed by atoms with Crippen LogP contribution in [-0.2, 0) is 0 Å². The molecule has 0 aliphatic heterocycles. The Morgan fingerprint density at radius 2 is 1.86 bits per heavy atom. The first-order valence-electron chi connectivity index (χ1n) is 6.70. The lowest BCUT2D eigenvalue weighted by Gasteiger charge is -2.15. The zero-order chi connectivity index (χ0) is 14.8. The van der Waals surface area contributed by atoms with Crippen LogP contribution in [0, 0.1) is 12.7 Å². The monoisotopic (exact) mass is 282 g/mol. The van der Waals surface area contributed by atoms with E-state index in [1.54, 1.807) is 29.1 Å². The molecular formula is C17H15FN2O. The average Bonchev–Trinajstić information content (AvgIpc) is 2.97. The van der Waals surface area contributed by atoms with Gasteiger partial charge in [-0.3, -0.25) is 0 Å². The van der Waals surface area contributed by atoms with Crippen LogP contribution in [0.15, 0.2) is 60.8 Å². The Morgan fingerprint density at radius 1 is 1.10 bits per heavy atom. The molecule has 0 radical (unpaired) electrons. The van der Waals surface area contributed by atoms with Gasteiger partial charge in [-0.25, -0.2) is 9.07 Å². The summed E-state index contributed by atoms with van der Waals surface area (Å²) in [4.78, 5) is 0. The number of rotatable bonds is 3. The maximum atomic E-state index is 14.0. The highest BCUT2D eigenvalue weighted by Gasteiger charge is 2.19. The van der Waals surface area contributed by atoms with Gasteiger partial charge in [0.05, 0.1) is 11.4 Å². The van der Waals surface area contributed by atoms with Gasteiger partial charge in [-0.15, -0.1) is 0 Å². The highest BCUT2D eigenvalue weighted by atomic mass is 19.1. The summed E-state index contributed by atoms with van der Waals surface area (Å²) in [6, 6.07) is 16.0. The molecule has 1 unspecified atom stereocenters. The second-order valence-electron chi connectivity index (χ2n) is 4.93. The minimum atomic E-state index is -1.06. The van der Waals surface area contributed by atoms with Crippen molar-refractivity contribution in [2.24, 2.45) is 0 Å². The lowest BCUT2D eigenvalue weighted by atomic mass is 10.0. The van der Waals surface area contributed by atoms with Gasteiger partial charge >= 0.3 is 0 Å². The summed E-state index contributed by atoms with van der Waals surface area (Å²) in [5.41, 5.74) is 2.42. The molecule has 0 fully saturated rings. The number of halogens is 1. The molecule has 2 aromatic carbocycles. The van der Waals surface area contributed by atoms with Gasteiger partial charge in [0.2, 0.25) is 0 Å². The van der Waals surface area contributed by atoms with Crippen LogP contribution in [-0.4, -0.2) is 14.9 Å². The fraction of sp³-hybridized carbons (Fsp3) is 0.118. The second kappa shape index (κ2) is 5.50. The van der Waals surface area contributed by atoms with E-state index in [0.29, 0.717) is 5.69 Å². The van der Waals surface area contributed by atoms with Gasteiger partial charge < -0.3 is 5.11 Å². The van der Waals surface area contributed by atoms with Crippen LogP contribution in [0.4, 0.5) is 4.39 Å². The predicted octanol–water partition coefficient (Wildman–Crippen LogP) is 3.40. The molecule has 0 aliphatic carbocycles. The third-order valence-electron chi connectivity index (χ3n) is 3.40. The Bertz CT molecular complexity index is 752. The highest BCUT2D eigenvalue weighted by Crippen LogP contribution is 2.26. The molecule has 0 saturated carbocycles. The third kappa shape index (κ3) is 2.58. The molecule has 1 N–H and O–H groups in total. The molecule has 21 heavy (non-hydrogen) atoms. The Kier molecular flexibility index (Phi) is 3.54. The van der Waals surface area contributed by atoms with Crippen molar-refractivity contribution in [3.8, 4) is 5.69 Å². The number of hydrogen-bond acceptors (Lipinski definition) is 2. The first-order valence-corrected chi connectivity index (χ1v) is 6.70. The van der Waals surface area contributed by atoms with E-state index in [1.165, 1.54) is 6.07 Å². The Hall–Kier alpha value is -2.46. The van der Waals surface area contributed by atoms with Crippen LogP contribution in [0.2, 0.25) is 0 Å². The summed E-state index contributed by atoms with van der Waals surface area (Å²) in [6.45, 7) is 1.81. The van der Waals surface area contributed by atoms with Crippen LogP contribution in [0.3, 0.4) is 0 Å². The van der Waals surface area contributed by atoms with Crippen molar-refractivity contribution in [1.82, 2.24) is 9.78 Å². The molecule has 0 saturated heterocycles. The average molecular weight is 282 g/mol. The van der Waals surface area contributed by atoms with Crippen molar-refractivity contribution in [2.45, 2.75) is 13.0 Å². The van der Waals surface area contributed by atoms with Crippen LogP contribution >= 0.6 is 0 Å². The van der Waals surface area contributed by atoms with Gasteiger partial charge in [-0.2, -0.15) is 5.10 Å². The smallest absolute Gasteiger partial charge is 0.129 e. The topological polar surface area (TPSA) is 38.1 Å². The first-order chi connectivity index (χ1) is 10.2. The fourth-order valence-corrected chi connectivity index (χ4v) is 2.32. The maximum Gasteiger partial charge on any atom is 0.129 e. The summed E-state index contributed by atoms with van der Waals surface area (Å²) in [6.07, 6.45) is 0.533. The van der Waals surface area contributed by atoms with E-state index in [4.69, 9.17) is 0 Å². The Morgan fingerprint density at radius 3 is 2.57 bits per heavy atom. The molecule has 3 rings (SSSR count). The fourth-order valence-electron chi connectivity index (χ4n) is 2.32. The van der Waals surface area contributed by atoms with Crippen molar-refractivity contribution >= 4 is 0 Å². The molecular weight excluding hydrogens is 267 g/mol. The van der Waals surface area contributed by atoms with Crippen LogP contribution in [0.1, 0.15) is 22.9 Å². The number of aromatic nitrogens is 2. The van der Waals surface area contributed by atoms with Crippen molar-refractivity contribution in [2.75, 3.05) is 0 Å². The van der Waals surface area contributed by atoms with Gasteiger partial charge in [-0.05, 0) is 36.8 Å². The lowest BCUT2D eigenvalue weighted by Crippen LogP contribution is -2.10. The normalized spacial score (nSPS) is 12.3. The minimum Gasteiger partial charge on any atom is -0.382 e. The van der Waals surface area contributed by atoms with Crippen molar-refractivity contribution < 1.29 is 9.50 Å². The number of nitrogens with zero attached hydrogens (tertiary/aromatic N) is 2. The van der Waals surface area contributed by atoms with Gasteiger partial charge in [0.15, 0.2) is 0 Å². The summed E-state index contributed by atoms with van der Waals surface area (Å²) in [5.74, 6) is -0.414. The second-order valence-corrected chi connectivity index (χ2v) is 4.93. The van der Waals surface area contributed by atoms with E-state index in [0.717, 1.165) is 11.3 Å². The van der Waals surface area contributed by atoms with E-state index in [2.05, 4.69) is 5.10 Å². The molecule has 3 aromatic rings. The first kappa shape index (κ1) is 13.5. The number of para-hydroxylation sites is 1. The number of aryl methyl sites for hydroxylation is 1. The zero-order valence-electron chi connectivity index (χ0n) is 11.6. The molecule has 4 heteroatoms. The van der Waals surface area contributed by atoms with Crippen LogP contribution in [0.25, 0.3) is 5.69 Å². The van der Waals surface area contributed by atoms with Crippen molar-refractivity contribution in [3.63, 3.8) is 0 Å². The number of aliphatic hydroxyl groups is 1. The minimum absolute atomic E-state index is 0.248. The largest absolute Gasteiger partial charge is 0.382 e. The van der Waals surface area contributed by atoms with E-state index in [1.807, 2.05) is 37.3 Å². The molecule has 1 aromatic heterocycles. The summed E-state index contributed by atoms with van der Waals surface area (Å²) in [7, 11) is 0. The molecule has 0 amide bonds. The lowest BCUT2D eigenvalue weighted by molar-refractivity contribution is 0.206. The summed E-state index contributed by atoms with van der Waals surface area (Å²) in [5, 5.41) is 14.7. The molecule has 106 valence electrons. The quantitative estimate of drug-likeness (QED) is 0.799. The SMILES string of the molecule is Cc1ccc(C(O)c2ccnn2-c2ccccc2)c(F)c1. The van der Waals surface area contributed by atoms with Gasteiger partial charge in [-0.1, -0.05) is 30.3 Å². The van der Waals surface area contributed by atoms with Gasteiger partial charge in [0.25, 0.3) is 0 Å². The number of hydrogen-bond donors (Lipinski definition) is 1. The predicted molar refractivity (Wildman–Crippen MR) is 78.8 cm³/mol. The molecule has 0 spiro atoms. The van der Waals surface area contributed by atoms with Crippen molar-refractivity contribution in [1.29, 1.82) is 0 Å². The Balaban J connectivity index is 2.03. The Labute approximate surface area is 122 Å². The molecule has 1 heterocycles. The number of benzene rings is 2. The van der Waals surface area contributed by atoms with E-state index in [-0.39, 0.29) is 5.56 Å². The zero-order valence-corrected chi connectivity index (χ0v) is 11.6.